The van der Waals surface area contributed by atoms with Gasteiger partial charge in [-0.3, -0.25) is 4.79 Å². The molecule has 1 N–H and O–H groups in total. The predicted molar refractivity (Wildman–Crippen MR) is 145 cm³/mol. The van der Waals surface area contributed by atoms with E-state index in [1.807, 2.05) is 31.2 Å². The van der Waals surface area contributed by atoms with Crippen LogP contribution in [0.3, 0.4) is 0 Å². The fraction of sp³-hybridized carbons (Fsp3) is 0.519. The van der Waals surface area contributed by atoms with E-state index in [1.54, 1.807) is 20.3 Å². The highest BCUT2D eigenvalue weighted by Crippen LogP contribution is 2.41. The number of ether oxygens (including phenoxy) is 3. The number of hydrogen-bond donors (Lipinski definition) is 1. The van der Waals surface area contributed by atoms with Crippen molar-refractivity contribution in [3.8, 4) is 17.2 Å². The summed E-state index contributed by atoms with van der Waals surface area (Å²) >= 11 is 6.28. The lowest BCUT2D eigenvalue weighted by atomic mass is 9.95. The molecule has 0 bridgehead atoms. The molecule has 0 aliphatic heterocycles. The van der Waals surface area contributed by atoms with Gasteiger partial charge in [-0.1, -0.05) is 44.5 Å². The number of nitrogens with one attached hydrogen (secondary N) is 1. The Hall–Kier alpha value is -2.22. The van der Waals surface area contributed by atoms with Crippen molar-refractivity contribution in [2.24, 2.45) is 0 Å². The van der Waals surface area contributed by atoms with Crippen LogP contribution in [0.15, 0.2) is 30.3 Å². The molecule has 0 heterocycles. The second-order valence-corrected chi connectivity index (χ2v) is 15.4. The van der Waals surface area contributed by atoms with E-state index in [0.717, 1.165) is 12.0 Å². The molecule has 0 spiro atoms. The largest absolute Gasteiger partial charge is 0.493 e. The van der Waals surface area contributed by atoms with E-state index < -0.39 is 8.32 Å². The molecule has 0 aliphatic carbocycles. The number of rotatable bonds is 11. The Morgan fingerprint density at radius 2 is 1.71 bits per heavy atom. The van der Waals surface area contributed by atoms with Crippen molar-refractivity contribution < 1.29 is 23.4 Å². The molecule has 8 heteroatoms. The topological polar surface area (TPSA) is 66.0 Å². The zero-order valence-corrected chi connectivity index (χ0v) is 24.3. The fourth-order valence-corrected chi connectivity index (χ4v) is 4.93. The average molecular weight is 522 g/mol. The molecule has 2 aromatic rings. The van der Waals surface area contributed by atoms with Gasteiger partial charge in [0.1, 0.15) is 0 Å². The number of methoxy groups -OCH3 is 3. The van der Waals surface area contributed by atoms with Gasteiger partial charge in [0.15, 0.2) is 19.8 Å². The maximum Gasteiger partial charge on any atom is 0.251 e. The lowest BCUT2D eigenvalue weighted by molar-refractivity contribution is 0.0948. The van der Waals surface area contributed by atoms with Crippen LogP contribution in [-0.2, 0) is 4.43 Å². The van der Waals surface area contributed by atoms with Crippen molar-refractivity contribution in [2.75, 3.05) is 34.5 Å². The predicted octanol–water partition coefficient (Wildman–Crippen LogP) is 6.60. The van der Waals surface area contributed by atoms with Crippen LogP contribution in [0.1, 0.15) is 54.6 Å². The Labute approximate surface area is 216 Å². The Morgan fingerprint density at radius 3 is 2.26 bits per heavy atom. The Bertz CT molecular complexity index is 1020. The molecule has 0 saturated heterocycles. The Kier molecular flexibility index (Phi) is 10.1. The van der Waals surface area contributed by atoms with Crippen LogP contribution in [-0.4, -0.2) is 48.7 Å². The SMILES string of the molecule is COc1cc(C(=O)NCC(CCO[Si](C)(C)C(C)(C)C)c2cccc(Cl)c2)c(C)c(OC)c1OC. The van der Waals surface area contributed by atoms with Gasteiger partial charge in [-0.15, -0.1) is 0 Å². The van der Waals surface area contributed by atoms with Crippen LogP contribution >= 0.6 is 11.6 Å². The van der Waals surface area contributed by atoms with Crippen LogP contribution < -0.4 is 19.5 Å². The minimum absolute atomic E-state index is 0.0461. The van der Waals surface area contributed by atoms with Crippen LogP contribution in [0.25, 0.3) is 0 Å². The van der Waals surface area contributed by atoms with Crippen LogP contribution in [0.2, 0.25) is 23.2 Å². The first kappa shape index (κ1) is 29.0. The summed E-state index contributed by atoms with van der Waals surface area (Å²) < 4.78 is 22.8. The van der Waals surface area contributed by atoms with Gasteiger partial charge in [-0.05, 0) is 55.2 Å². The van der Waals surface area contributed by atoms with Gasteiger partial charge < -0.3 is 24.0 Å². The van der Waals surface area contributed by atoms with Gasteiger partial charge in [-0.2, -0.15) is 0 Å². The number of benzene rings is 2. The average Bonchev–Trinajstić information content (AvgIpc) is 2.79. The van der Waals surface area contributed by atoms with Gasteiger partial charge in [0.2, 0.25) is 5.75 Å². The maximum absolute atomic E-state index is 13.3. The molecular weight excluding hydrogens is 482 g/mol. The molecule has 35 heavy (non-hydrogen) atoms. The summed E-state index contributed by atoms with van der Waals surface area (Å²) in [6.45, 7) is 14.1. The number of carbonyl (C=O) groups is 1. The van der Waals surface area contributed by atoms with Gasteiger partial charge in [0.25, 0.3) is 5.91 Å². The monoisotopic (exact) mass is 521 g/mol. The van der Waals surface area contributed by atoms with Crippen LogP contribution in [0.4, 0.5) is 0 Å². The fourth-order valence-electron chi connectivity index (χ4n) is 3.67. The second kappa shape index (κ2) is 12.1. The van der Waals surface area contributed by atoms with E-state index in [-0.39, 0.29) is 16.9 Å². The van der Waals surface area contributed by atoms with Crippen LogP contribution in [0.5, 0.6) is 17.2 Å². The summed E-state index contributed by atoms with van der Waals surface area (Å²) in [5, 5.41) is 3.90. The van der Waals surface area contributed by atoms with Crippen molar-refractivity contribution in [1.82, 2.24) is 5.32 Å². The minimum Gasteiger partial charge on any atom is -0.493 e. The first-order valence-corrected chi connectivity index (χ1v) is 15.1. The third-order valence-corrected chi connectivity index (χ3v) is 11.7. The molecule has 0 saturated carbocycles. The van der Waals surface area contributed by atoms with Crippen molar-refractivity contribution in [3.05, 3.63) is 52.0 Å². The van der Waals surface area contributed by atoms with E-state index in [0.29, 0.717) is 46.5 Å². The summed E-state index contributed by atoms with van der Waals surface area (Å²) in [5.74, 6) is 1.22. The molecule has 0 fully saturated rings. The second-order valence-electron chi connectivity index (χ2n) is 10.2. The molecule has 1 unspecified atom stereocenters. The summed E-state index contributed by atoms with van der Waals surface area (Å²) in [6.07, 6.45) is 0.765. The summed E-state index contributed by atoms with van der Waals surface area (Å²) in [7, 11) is 2.75. The van der Waals surface area contributed by atoms with E-state index in [1.165, 1.54) is 7.11 Å². The first-order chi connectivity index (χ1) is 16.4. The van der Waals surface area contributed by atoms with Crippen molar-refractivity contribution in [2.45, 2.75) is 58.2 Å². The molecule has 2 aromatic carbocycles. The van der Waals surface area contributed by atoms with Gasteiger partial charge in [-0.25, -0.2) is 0 Å². The van der Waals surface area contributed by atoms with E-state index >= 15 is 0 Å². The molecule has 0 radical (unpaired) electrons. The molecule has 2 rings (SSSR count). The van der Waals surface area contributed by atoms with Crippen molar-refractivity contribution in [1.29, 1.82) is 0 Å². The van der Waals surface area contributed by atoms with E-state index in [2.05, 4.69) is 39.2 Å². The smallest absolute Gasteiger partial charge is 0.251 e. The normalized spacial score (nSPS) is 12.7. The lowest BCUT2D eigenvalue weighted by Crippen LogP contribution is -2.41. The molecule has 1 atom stereocenters. The molecule has 6 nitrogen and oxygen atoms in total. The zero-order chi connectivity index (χ0) is 26.4. The highest BCUT2D eigenvalue weighted by Gasteiger charge is 2.37. The van der Waals surface area contributed by atoms with E-state index in [9.17, 15) is 4.79 Å². The van der Waals surface area contributed by atoms with E-state index in [4.69, 9.17) is 30.2 Å². The Morgan fingerprint density at radius 1 is 1.06 bits per heavy atom. The number of hydrogen-bond acceptors (Lipinski definition) is 5. The number of amides is 1. The first-order valence-electron chi connectivity index (χ1n) is 11.8. The van der Waals surface area contributed by atoms with Crippen molar-refractivity contribution in [3.63, 3.8) is 0 Å². The third-order valence-electron chi connectivity index (χ3n) is 6.89. The third kappa shape index (κ3) is 7.15. The maximum atomic E-state index is 13.3. The molecule has 0 aromatic heterocycles. The molecule has 1 amide bonds. The summed E-state index contributed by atoms with van der Waals surface area (Å²) in [4.78, 5) is 13.3. The van der Waals surface area contributed by atoms with Crippen LogP contribution in [0, 0.1) is 6.92 Å². The summed E-state index contributed by atoms with van der Waals surface area (Å²) in [6, 6.07) is 9.46. The highest BCUT2D eigenvalue weighted by molar-refractivity contribution is 6.74. The number of carbonyl (C=O) groups excluding carboxylic acids is 1. The molecule has 194 valence electrons. The molecule has 0 aliphatic rings. The standard InChI is InChI=1S/C27H40ClNO5Si/c1-18-22(16-23(31-5)25(33-7)24(18)32-6)26(30)29-17-20(19-11-10-12-21(28)15-19)13-14-34-35(8,9)27(2,3)4/h10-12,15-16,20H,13-14,17H2,1-9H3,(H,29,30). The van der Waals surface area contributed by atoms with Gasteiger partial charge in [0, 0.05) is 35.2 Å². The zero-order valence-electron chi connectivity index (χ0n) is 22.5. The minimum atomic E-state index is -1.87. The van der Waals surface area contributed by atoms with Gasteiger partial charge >= 0.3 is 0 Å². The highest BCUT2D eigenvalue weighted by atomic mass is 35.5. The Balaban J connectivity index is 2.24. The lowest BCUT2D eigenvalue weighted by Gasteiger charge is -2.36. The molecular formula is C27H40ClNO5Si. The quantitative estimate of drug-likeness (QED) is 0.337. The number of halogens is 1. The van der Waals surface area contributed by atoms with Crippen molar-refractivity contribution >= 4 is 25.8 Å². The van der Waals surface area contributed by atoms with Gasteiger partial charge in [0.05, 0.1) is 21.3 Å². The summed E-state index contributed by atoms with van der Waals surface area (Å²) in [5.41, 5.74) is 2.23.